The van der Waals surface area contributed by atoms with Crippen molar-refractivity contribution in [3.05, 3.63) is 264 Å². The van der Waals surface area contributed by atoms with Crippen molar-refractivity contribution in [2.24, 2.45) is 11.3 Å². The van der Waals surface area contributed by atoms with E-state index in [0.717, 1.165) is 61.9 Å². The third-order valence-electron chi connectivity index (χ3n) is 16.9. The minimum absolute atomic E-state index is 0.00304. The van der Waals surface area contributed by atoms with Gasteiger partial charge in [-0.25, -0.2) is 0 Å². The van der Waals surface area contributed by atoms with Gasteiger partial charge < -0.3 is 23.4 Å². The van der Waals surface area contributed by atoms with Crippen LogP contribution in [0.3, 0.4) is 0 Å². The lowest BCUT2D eigenvalue weighted by atomic mass is 9.71. The minimum Gasteiger partial charge on any atom is -0.461 e. The number of fused-ring (bicyclic) bond motifs is 14. The molecule has 0 fully saturated rings. The van der Waals surface area contributed by atoms with Crippen molar-refractivity contribution in [1.29, 1.82) is 0 Å². The number of rotatable bonds is 7. The summed E-state index contributed by atoms with van der Waals surface area (Å²) >= 11 is 0. The van der Waals surface area contributed by atoms with Crippen LogP contribution >= 0.6 is 0 Å². The van der Waals surface area contributed by atoms with Crippen molar-refractivity contribution in [2.45, 2.75) is 25.3 Å². The molecule has 5 heteroatoms. The number of para-hydroxylation sites is 4. The Hall–Kier alpha value is -9.32. The van der Waals surface area contributed by atoms with Crippen LogP contribution in [0.1, 0.15) is 25.3 Å². The van der Waals surface area contributed by atoms with Gasteiger partial charge in [-0.05, 0) is 126 Å². The maximum atomic E-state index is 6.57. The zero-order valence-corrected chi connectivity index (χ0v) is 41.5. The van der Waals surface area contributed by atoms with Crippen LogP contribution in [0.25, 0.3) is 83.2 Å². The maximum absolute atomic E-state index is 6.57. The molecule has 16 rings (SSSR count). The number of nitrogens with zero attached hydrogens (tertiary/aromatic N) is 3. The van der Waals surface area contributed by atoms with Crippen LogP contribution in [0.15, 0.2) is 253 Å². The summed E-state index contributed by atoms with van der Waals surface area (Å²) in [6, 6.07) is 72.6. The van der Waals surface area contributed by atoms with Gasteiger partial charge in [-0.1, -0.05) is 159 Å². The first-order chi connectivity index (χ1) is 36.9. The number of hydrogen-bond acceptors (Lipinski definition) is 4. The summed E-state index contributed by atoms with van der Waals surface area (Å²) in [5.41, 5.74) is 12.7. The Morgan fingerprint density at radius 2 is 1.31 bits per heavy atom. The van der Waals surface area contributed by atoms with Crippen molar-refractivity contribution in [1.82, 2.24) is 4.40 Å². The van der Waals surface area contributed by atoms with Crippen LogP contribution in [-0.2, 0) is 0 Å². The van der Waals surface area contributed by atoms with Gasteiger partial charge in [0.15, 0.2) is 0 Å². The zero-order chi connectivity index (χ0) is 49.6. The molecule has 0 spiro atoms. The molecule has 5 nitrogen and oxygen atoms in total. The van der Waals surface area contributed by atoms with Gasteiger partial charge >= 0.3 is 0 Å². The van der Waals surface area contributed by atoms with E-state index in [1.807, 2.05) is 6.07 Å². The lowest BCUT2D eigenvalue weighted by Crippen LogP contribution is -2.48. The van der Waals surface area contributed by atoms with E-state index in [4.69, 9.17) is 9.15 Å². The Morgan fingerprint density at radius 1 is 0.560 bits per heavy atom. The number of allylic oxidation sites excluding steroid dienone is 5. The Bertz CT molecular complexity index is 4620. The molecule has 3 aromatic heterocycles. The molecule has 0 radical (unpaired) electrons. The summed E-state index contributed by atoms with van der Waals surface area (Å²) in [4.78, 5) is 4.94. The fourth-order valence-corrected chi connectivity index (χ4v) is 13.4. The molecule has 0 N–H and O–H groups in total. The first-order valence-corrected chi connectivity index (χ1v) is 26.1. The van der Waals surface area contributed by atoms with E-state index in [0.29, 0.717) is 0 Å². The summed E-state index contributed by atoms with van der Waals surface area (Å²) in [5.74, 6) is 1.97. The predicted molar refractivity (Wildman–Crippen MR) is 310 cm³/mol. The Balaban J connectivity index is 0.914. The minimum atomic E-state index is -0.481. The topological polar surface area (TPSA) is 33.3 Å². The highest BCUT2D eigenvalue weighted by atomic mass is 16.5. The van der Waals surface area contributed by atoms with E-state index in [9.17, 15) is 0 Å². The molecular formula is C70H49N3O2. The predicted octanol–water partition coefficient (Wildman–Crippen LogP) is 16.4. The summed E-state index contributed by atoms with van der Waals surface area (Å²) in [6.07, 6.45) is 19.0. The average Bonchev–Trinajstić information content (AvgIpc) is 4.35. The average molecular weight is 964 g/mol. The van der Waals surface area contributed by atoms with Crippen molar-refractivity contribution in [3.63, 3.8) is 0 Å². The molecule has 4 atom stereocenters. The normalized spacial score (nSPS) is 20.3. The van der Waals surface area contributed by atoms with E-state index >= 15 is 0 Å². The Kier molecular flexibility index (Phi) is 8.78. The quantitative estimate of drug-likeness (QED) is 0.159. The molecule has 0 saturated carbocycles. The van der Waals surface area contributed by atoms with Gasteiger partial charge in [0.1, 0.15) is 22.7 Å². The summed E-state index contributed by atoms with van der Waals surface area (Å²) in [6.45, 7) is 4.75. The SMILES string of the molecule is CC12C=CC(N(c3ccccc3)c3cccc4oc5ccccc5c34)=CC1C=c1c(c3cc(-c4ccccc4)cc4c5cc6ccc(N(c7ccccc7)C7(C)C=CC=C8Oc9ccccc9C87)cc6cc5n1c34)=C2. The van der Waals surface area contributed by atoms with Crippen molar-refractivity contribution in [3.8, 4) is 16.9 Å². The zero-order valence-electron chi connectivity index (χ0n) is 41.5. The van der Waals surface area contributed by atoms with Gasteiger partial charge in [0.05, 0.1) is 38.9 Å². The fraction of sp³-hybridized carbons (Fsp3) is 0.0857. The molecule has 75 heavy (non-hydrogen) atoms. The van der Waals surface area contributed by atoms with Gasteiger partial charge in [-0.2, -0.15) is 0 Å². The number of anilines is 4. The van der Waals surface area contributed by atoms with E-state index in [1.54, 1.807) is 0 Å². The van der Waals surface area contributed by atoms with E-state index in [-0.39, 0.29) is 17.3 Å². The number of ether oxygens (including phenoxy) is 1. The highest BCUT2D eigenvalue weighted by Gasteiger charge is 2.48. The monoisotopic (exact) mass is 963 g/mol. The summed E-state index contributed by atoms with van der Waals surface area (Å²) in [7, 11) is 0. The van der Waals surface area contributed by atoms with Gasteiger partial charge in [0, 0.05) is 66.4 Å². The molecule has 4 heterocycles. The molecule has 9 aromatic carbocycles. The van der Waals surface area contributed by atoms with Crippen LogP contribution in [0.5, 0.6) is 5.75 Å². The van der Waals surface area contributed by atoms with Crippen molar-refractivity contribution in [2.75, 3.05) is 9.80 Å². The molecule has 356 valence electrons. The second-order valence-corrected chi connectivity index (χ2v) is 21.3. The summed E-state index contributed by atoms with van der Waals surface area (Å²) in [5, 5.41) is 10.9. The third kappa shape index (κ3) is 6.13. The second-order valence-electron chi connectivity index (χ2n) is 21.3. The Labute approximate surface area is 433 Å². The molecule has 1 aliphatic heterocycles. The van der Waals surface area contributed by atoms with E-state index in [2.05, 4.69) is 271 Å². The lowest BCUT2D eigenvalue weighted by Gasteiger charge is -2.46. The van der Waals surface area contributed by atoms with Crippen LogP contribution in [0.2, 0.25) is 0 Å². The third-order valence-corrected chi connectivity index (χ3v) is 16.9. The molecule has 0 bridgehead atoms. The standard InChI is InChI=1S/C70H49N3O2/c1-69-35-33-51(71(49-20-8-4-9-21-49)59-26-16-29-64-66(59)53-24-12-14-27-62(53)74-64)41-48(69)42-61-58(43-69)57-39-47(44-18-6-3-7-19-44)38-56-55-37-45-31-32-52(36-46(45)40-60(55)72(61)68(56)57)73(50-22-10-5-11-23-50)70(2)34-17-30-65-67(70)54-25-13-15-28-63(54)75-65/h3-43,48,67H,1-2H3. The van der Waals surface area contributed by atoms with Crippen molar-refractivity contribution < 1.29 is 9.15 Å². The van der Waals surface area contributed by atoms with Crippen LogP contribution < -0.4 is 25.1 Å². The highest BCUT2D eigenvalue weighted by Crippen LogP contribution is 2.54. The first kappa shape index (κ1) is 42.2. The van der Waals surface area contributed by atoms with Gasteiger partial charge in [-0.3, -0.25) is 0 Å². The molecule has 0 amide bonds. The maximum Gasteiger partial charge on any atom is 0.137 e. The van der Waals surface area contributed by atoms with Gasteiger partial charge in [-0.15, -0.1) is 0 Å². The highest BCUT2D eigenvalue weighted by molar-refractivity contribution is 6.19. The van der Waals surface area contributed by atoms with Crippen LogP contribution in [0.4, 0.5) is 22.7 Å². The first-order valence-electron chi connectivity index (χ1n) is 26.1. The number of benzene rings is 9. The number of furan rings is 1. The van der Waals surface area contributed by atoms with Crippen LogP contribution in [0, 0.1) is 11.3 Å². The van der Waals surface area contributed by atoms with E-state index < -0.39 is 5.54 Å². The molecular weight excluding hydrogens is 915 g/mol. The molecule has 0 saturated heterocycles. The van der Waals surface area contributed by atoms with Crippen molar-refractivity contribution >= 4 is 94.8 Å². The Morgan fingerprint density at radius 3 is 2.16 bits per heavy atom. The van der Waals surface area contributed by atoms with Crippen LogP contribution in [-0.4, -0.2) is 9.94 Å². The van der Waals surface area contributed by atoms with Gasteiger partial charge in [0.2, 0.25) is 0 Å². The molecule has 3 aliphatic carbocycles. The lowest BCUT2D eigenvalue weighted by molar-refractivity contribution is 0.379. The smallest absolute Gasteiger partial charge is 0.137 e. The fourth-order valence-electron chi connectivity index (χ4n) is 13.4. The number of hydrogen-bond donors (Lipinski definition) is 0. The van der Waals surface area contributed by atoms with Gasteiger partial charge in [0.25, 0.3) is 0 Å². The molecule has 12 aromatic rings. The second kappa shape index (κ2) is 15.6. The largest absolute Gasteiger partial charge is 0.461 e. The number of aromatic nitrogens is 1. The molecule has 4 aliphatic rings. The summed E-state index contributed by atoms with van der Waals surface area (Å²) < 4.78 is 15.6. The molecule has 4 unspecified atom stereocenters. The van der Waals surface area contributed by atoms with E-state index in [1.165, 1.54) is 65.2 Å².